The highest BCUT2D eigenvalue weighted by molar-refractivity contribution is 6.32. The summed E-state index contributed by atoms with van der Waals surface area (Å²) in [5.41, 5.74) is 5.28. The van der Waals surface area contributed by atoms with Crippen molar-refractivity contribution in [3.63, 3.8) is 0 Å². The fraction of sp³-hybridized carbons (Fsp3) is 0.500. The Kier molecular flexibility index (Phi) is 6.52. The quantitative estimate of drug-likeness (QED) is 0.835. The van der Waals surface area contributed by atoms with Gasteiger partial charge in [-0.1, -0.05) is 23.7 Å². The van der Waals surface area contributed by atoms with Gasteiger partial charge in [0.2, 0.25) is 5.91 Å². The molecule has 0 atom stereocenters. The number of rotatable bonds is 5. The number of hydrogen-bond acceptors (Lipinski definition) is 3. The van der Waals surface area contributed by atoms with Crippen LogP contribution in [0.3, 0.4) is 0 Å². The van der Waals surface area contributed by atoms with E-state index in [9.17, 15) is 9.59 Å². The topological polar surface area (TPSA) is 75.9 Å². The van der Waals surface area contributed by atoms with Crippen molar-refractivity contribution in [2.45, 2.75) is 19.3 Å². The van der Waals surface area contributed by atoms with Crippen LogP contribution in [-0.4, -0.2) is 54.5 Å². The van der Waals surface area contributed by atoms with Gasteiger partial charge in [-0.3, -0.25) is 4.79 Å². The third-order valence-corrected chi connectivity index (χ3v) is 4.10. The fourth-order valence-electron chi connectivity index (χ4n) is 2.51. The molecule has 2 N–H and O–H groups in total. The van der Waals surface area contributed by atoms with Crippen LogP contribution in [0, 0.1) is 0 Å². The Morgan fingerprint density at radius 3 is 2.57 bits per heavy atom. The van der Waals surface area contributed by atoms with Crippen molar-refractivity contribution in [3.05, 3.63) is 29.3 Å². The van der Waals surface area contributed by atoms with Crippen LogP contribution in [0.15, 0.2) is 24.3 Å². The molecule has 0 aliphatic carbocycles. The first kappa shape index (κ1) is 17.4. The predicted molar refractivity (Wildman–Crippen MR) is 88.5 cm³/mol. The largest absolute Gasteiger partial charge is 0.492 e. The molecule has 2 rings (SSSR count). The highest BCUT2D eigenvalue weighted by atomic mass is 35.5. The summed E-state index contributed by atoms with van der Waals surface area (Å²) in [6.45, 7) is 2.74. The van der Waals surface area contributed by atoms with Gasteiger partial charge in [0.1, 0.15) is 5.75 Å². The van der Waals surface area contributed by atoms with E-state index in [1.165, 1.54) is 0 Å². The van der Waals surface area contributed by atoms with Gasteiger partial charge in [0, 0.05) is 32.6 Å². The minimum atomic E-state index is -0.424. The summed E-state index contributed by atoms with van der Waals surface area (Å²) < 4.78 is 5.58. The summed E-state index contributed by atoms with van der Waals surface area (Å²) in [6.07, 6.45) is 1.80. The molecule has 0 saturated carbocycles. The van der Waals surface area contributed by atoms with Crippen molar-refractivity contribution >= 4 is 23.5 Å². The van der Waals surface area contributed by atoms with Crippen LogP contribution in [0.4, 0.5) is 4.79 Å². The number of para-hydroxylation sites is 1. The van der Waals surface area contributed by atoms with Gasteiger partial charge in [-0.05, 0) is 25.0 Å². The zero-order valence-electron chi connectivity index (χ0n) is 13.0. The maximum absolute atomic E-state index is 12.2. The second kappa shape index (κ2) is 8.62. The third-order valence-electron chi connectivity index (χ3n) is 3.79. The molecule has 1 heterocycles. The molecule has 1 aromatic rings. The number of ether oxygens (including phenoxy) is 1. The molecule has 0 unspecified atom stereocenters. The minimum absolute atomic E-state index is 0.0825. The molecule has 3 amide bonds. The van der Waals surface area contributed by atoms with Crippen molar-refractivity contribution in [1.29, 1.82) is 0 Å². The number of primary amides is 1. The molecular formula is C16H22ClN3O3. The van der Waals surface area contributed by atoms with E-state index in [1.807, 2.05) is 12.1 Å². The summed E-state index contributed by atoms with van der Waals surface area (Å²) in [5.74, 6) is 0.715. The smallest absolute Gasteiger partial charge is 0.314 e. The molecule has 1 saturated heterocycles. The van der Waals surface area contributed by atoms with E-state index >= 15 is 0 Å². The third kappa shape index (κ3) is 5.32. The lowest BCUT2D eigenvalue weighted by atomic mass is 10.2. The first-order valence-corrected chi connectivity index (χ1v) is 8.15. The van der Waals surface area contributed by atoms with Crippen molar-refractivity contribution in [1.82, 2.24) is 9.80 Å². The van der Waals surface area contributed by atoms with E-state index in [1.54, 1.807) is 21.9 Å². The molecule has 0 aromatic heterocycles. The first-order valence-electron chi connectivity index (χ1n) is 7.77. The van der Waals surface area contributed by atoms with E-state index in [4.69, 9.17) is 22.1 Å². The molecule has 7 heteroatoms. The number of nitrogens with two attached hydrogens (primary N) is 1. The van der Waals surface area contributed by atoms with Gasteiger partial charge >= 0.3 is 6.03 Å². The Bertz CT molecular complexity index is 553. The average molecular weight is 340 g/mol. The number of hydrogen-bond donors (Lipinski definition) is 1. The number of carbonyl (C=O) groups is 2. The number of nitrogens with zero attached hydrogens (tertiary/aromatic N) is 2. The Morgan fingerprint density at radius 1 is 1.13 bits per heavy atom. The maximum Gasteiger partial charge on any atom is 0.314 e. The number of halogens is 1. The molecule has 23 heavy (non-hydrogen) atoms. The lowest BCUT2D eigenvalue weighted by molar-refractivity contribution is -0.131. The van der Waals surface area contributed by atoms with Gasteiger partial charge in [0.05, 0.1) is 11.6 Å². The number of amides is 3. The zero-order chi connectivity index (χ0) is 16.7. The summed E-state index contributed by atoms with van der Waals surface area (Å²) in [5, 5.41) is 0.567. The molecular weight excluding hydrogens is 318 g/mol. The highest BCUT2D eigenvalue weighted by Crippen LogP contribution is 2.23. The monoisotopic (exact) mass is 339 g/mol. The Labute approximate surface area is 141 Å². The molecule has 126 valence electrons. The Hall–Kier alpha value is -1.95. The summed E-state index contributed by atoms with van der Waals surface area (Å²) in [6, 6.07) is 6.84. The van der Waals surface area contributed by atoms with Gasteiger partial charge in [0.15, 0.2) is 0 Å². The van der Waals surface area contributed by atoms with Crippen LogP contribution in [0.2, 0.25) is 5.02 Å². The number of carbonyl (C=O) groups excluding carboxylic acids is 2. The van der Waals surface area contributed by atoms with E-state index in [2.05, 4.69) is 0 Å². The molecule has 6 nitrogen and oxygen atoms in total. The highest BCUT2D eigenvalue weighted by Gasteiger charge is 2.20. The lowest BCUT2D eigenvalue weighted by Crippen LogP contribution is -2.39. The standard InChI is InChI=1S/C16H22ClN3O3/c17-13-5-1-2-6-14(13)23-12-3-7-15(21)19-8-4-9-20(11-10-19)16(18)22/h1-2,5-6H,3-4,7-12H2,(H2,18,22). The van der Waals surface area contributed by atoms with E-state index in [0.29, 0.717) is 56.4 Å². The molecule has 0 bridgehead atoms. The molecule has 1 aliphatic rings. The van der Waals surface area contributed by atoms with Gasteiger partial charge in [-0.25, -0.2) is 4.79 Å². The van der Waals surface area contributed by atoms with Crippen molar-refractivity contribution in [2.75, 3.05) is 32.8 Å². The SMILES string of the molecule is NC(=O)N1CCCN(C(=O)CCCOc2ccccc2Cl)CC1. The normalized spacial score (nSPS) is 15.2. The van der Waals surface area contributed by atoms with Gasteiger partial charge < -0.3 is 20.3 Å². The fourth-order valence-corrected chi connectivity index (χ4v) is 2.70. The molecule has 0 spiro atoms. The lowest BCUT2D eigenvalue weighted by Gasteiger charge is -2.21. The number of benzene rings is 1. The van der Waals surface area contributed by atoms with Crippen LogP contribution in [0.25, 0.3) is 0 Å². The van der Waals surface area contributed by atoms with Crippen LogP contribution >= 0.6 is 11.6 Å². The summed E-state index contributed by atoms with van der Waals surface area (Å²) >= 11 is 6.00. The molecule has 1 fully saturated rings. The van der Waals surface area contributed by atoms with E-state index < -0.39 is 6.03 Å². The van der Waals surface area contributed by atoms with Crippen molar-refractivity contribution < 1.29 is 14.3 Å². The van der Waals surface area contributed by atoms with Gasteiger partial charge in [-0.2, -0.15) is 0 Å². The van der Waals surface area contributed by atoms with Crippen LogP contribution in [0.5, 0.6) is 5.75 Å². The van der Waals surface area contributed by atoms with E-state index in [0.717, 1.165) is 6.42 Å². The van der Waals surface area contributed by atoms with Crippen molar-refractivity contribution in [3.8, 4) is 5.75 Å². The second-order valence-electron chi connectivity index (χ2n) is 5.44. The second-order valence-corrected chi connectivity index (χ2v) is 5.85. The van der Waals surface area contributed by atoms with Crippen LogP contribution < -0.4 is 10.5 Å². The predicted octanol–water partition coefficient (Wildman–Crippen LogP) is 2.11. The Balaban J connectivity index is 1.70. The van der Waals surface area contributed by atoms with Gasteiger partial charge in [0.25, 0.3) is 0 Å². The van der Waals surface area contributed by atoms with E-state index in [-0.39, 0.29) is 5.91 Å². The van der Waals surface area contributed by atoms with Crippen LogP contribution in [-0.2, 0) is 4.79 Å². The molecule has 1 aromatic carbocycles. The first-order chi connectivity index (χ1) is 11.1. The molecule has 0 radical (unpaired) electrons. The van der Waals surface area contributed by atoms with Crippen molar-refractivity contribution in [2.24, 2.45) is 5.73 Å². The van der Waals surface area contributed by atoms with Gasteiger partial charge in [-0.15, -0.1) is 0 Å². The minimum Gasteiger partial charge on any atom is -0.492 e. The summed E-state index contributed by atoms with van der Waals surface area (Å²) in [7, 11) is 0. The zero-order valence-corrected chi connectivity index (χ0v) is 13.8. The summed E-state index contributed by atoms with van der Waals surface area (Å²) in [4.78, 5) is 26.8. The molecule has 1 aliphatic heterocycles. The van der Waals surface area contributed by atoms with Crippen LogP contribution in [0.1, 0.15) is 19.3 Å². The average Bonchev–Trinajstić information content (AvgIpc) is 2.79. The Morgan fingerprint density at radius 2 is 1.83 bits per heavy atom. The number of urea groups is 1. The maximum atomic E-state index is 12.2.